The van der Waals surface area contributed by atoms with E-state index in [9.17, 15) is 13.2 Å². The lowest BCUT2D eigenvalue weighted by Gasteiger charge is -2.05. The fourth-order valence-electron chi connectivity index (χ4n) is 1.68. The number of halogens is 2. The van der Waals surface area contributed by atoms with E-state index >= 15 is 0 Å². The Morgan fingerprint density at radius 3 is 2.29 bits per heavy atom. The van der Waals surface area contributed by atoms with Gasteiger partial charge >= 0.3 is 0 Å². The molecular formula is C11H14Cl2N4O3S. The van der Waals surface area contributed by atoms with E-state index in [0.717, 1.165) is 0 Å². The molecule has 21 heavy (non-hydrogen) atoms. The number of benzene rings is 1. The largest absolute Gasteiger partial charge is 1.00 e. The van der Waals surface area contributed by atoms with Crippen LogP contribution in [0, 0.1) is 6.92 Å². The number of hydrogen-bond acceptors (Lipinski definition) is 4. The number of aromatic amines is 1. The van der Waals surface area contributed by atoms with Gasteiger partial charge in [-0.15, -0.1) is 0 Å². The van der Waals surface area contributed by atoms with Crippen LogP contribution < -0.4 is 41.8 Å². The Labute approximate surface area is 133 Å². The summed E-state index contributed by atoms with van der Waals surface area (Å²) in [6.45, 7) is 1.55. The molecule has 0 fully saturated rings. The lowest BCUT2D eigenvalue weighted by atomic mass is 10.3. The third-order valence-electron chi connectivity index (χ3n) is 2.52. The van der Waals surface area contributed by atoms with Crippen molar-refractivity contribution < 1.29 is 44.7 Å². The maximum absolute atomic E-state index is 12.4. The lowest BCUT2D eigenvalue weighted by molar-refractivity contribution is -0.268. The number of rotatable bonds is 2. The maximum atomic E-state index is 12.4. The van der Waals surface area contributed by atoms with Gasteiger partial charge in [-0.25, -0.2) is 13.4 Å². The minimum absolute atomic E-state index is 0. The van der Waals surface area contributed by atoms with Crippen molar-refractivity contribution in [2.75, 3.05) is 0 Å². The predicted molar refractivity (Wildman–Crippen MR) is 66.6 cm³/mol. The van der Waals surface area contributed by atoms with Gasteiger partial charge in [0.05, 0.1) is 6.07 Å². The van der Waals surface area contributed by atoms with E-state index in [1.807, 2.05) is 0 Å². The third kappa shape index (κ3) is 4.02. The quantitative estimate of drug-likeness (QED) is 0.462. The number of H-pyrrole nitrogens is 1. The normalized spacial score (nSPS) is 10.4. The van der Waals surface area contributed by atoms with Crippen LogP contribution in [0.3, 0.4) is 0 Å². The molecule has 10 heteroatoms. The smallest absolute Gasteiger partial charge is 0.251 e. The molecular weight excluding hydrogens is 339 g/mol. The van der Waals surface area contributed by atoms with Gasteiger partial charge in [-0.3, -0.25) is 9.78 Å². The molecule has 1 aromatic carbocycles. The summed E-state index contributed by atoms with van der Waals surface area (Å²) in [5, 5.41) is -0.376. The molecule has 7 N–H and O–H groups in total. The predicted octanol–water partition coefficient (Wildman–Crippen LogP) is -7.33. The van der Waals surface area contributed by atoms with Crippen molar-refractivity contribution in [1.82, 2.24) is 9.97 Å². The molecule has 7 nitrogen and oxygen atoms in total. The Hall–Kier alpha value is -1.45. The molecule has 0 atom stereocenters. The van der Waals surface area contributed by atoms with Crippen molar-refractivity contribution in [3.63, 3.8) is 0 Å². The number of aryl methyl sites for hydroxylation is 1. The summed E-state index contributed by atoms with van der Waals surface area (Å²) >= 11 is 0. The number of nitrogens with zero attached hydrogens (tertiary/aromatic N) is 1. The topological polar surface area (TPSA) is 135 Å². The van der Waals surface area contributed by atoms with Crippen LogP contribution in [0.5, 0.6) is 0 Å². The number of sulfone groups is 1. The lowest BCUT2D eigenvalue weighted by Crippen LogP contribution is -3.00. The SMILES string of the molecule is Cc1cc(=O)[nH]c(S(=O)(=O)c2ccc([NH3+])cc2[NH3+])n1.[Cl-].[Cl-]. The molecule has 1 aromatic heterocycles. The molecule has 0 spiro atoms. The first-order chi connectivity index (χ1) is 8.80. The van der Waals surface area contributed by atoms with Gasteiger partial charge in [0.2, 0.25) is 15.0 Å². The Kier molecular flexibility index (Phi) is 6.53. The van der Waals surface area contributed by atoms with Gasteiger partial charge in [0.15, 0.2) is 5.69 Å². The monoisotopic (exact) mass is 352 g/mol. The second-order valence-electron chi connectivity index (χ2n) is 4.14. The van der Waals surface area contributed by atoms with Crippen molar-refractivity contribution in [1.29, 1.82) is 0 Å². The standard InChI is InChI=1S/C11H12N4O3S.2ClH/c1-6-4-10(16)15-11(14-6)19(17,18)9-3-2-7(12)5-8(9)13;;/h2-5H,12-13H2,1H3,(H,14,15,16);2*1H. The molecule has 0 amide bonds. The molecule has 2 aromatic rings. The van der Waals surface area contributed by atoms with Gasteiger partial charge in [-0.1, -0.05) is 0 Å². The molecule has 0 aliphatic carbocycles. The first-order valence-electron chi connectivity index (χ1n) is 5.42. The zero-order chi connectivity index (χ0) is 14.2. The molecule has 0 bridgehead atoms. The van der Waals surface area contributed by atoms with Crippen LogP contribution in [-0.2, 0) is 9.84 Å². The molecule has 2 rings (SSSR count). The van der Waals surface area contributed by atoms with Crippen LogP contribution in [0.1, 0.15) is 5.69 Å². The minimum Gasteiger partial charge on any atom is -1.00 e. The van der Waals surface area contributed by atoms with Crippen LogP contribution in [-0.4, -0.2) is 18.4 Å². The molecule has 0 aliphatic rings. The zero-order valence-electron chi connectivity index (χ0n) is 11.1. The fourth-order valence-corrected chi connectivity index (χ4v) is 3.04. The van der Waals surface area contributed by atoms with Gasteiger partial charge in [0.1, 0.15) is 10.6 Å². The number of quaternary nitrogens is 2. The minimum atomic E-state index is -3.89. The summed E-state index contributed by atoms with van der Waals surface area (Å²) in [6.07, 6.45) is 0. The molecule has 0 saturated carbocycles. The van der Waals surface area contributed by atoms with Gasteiger partial charge in [0, 0.05) is 17.8 Å². The Morgan fingerprint density at radius 1 is 1.14 bits per heavy atom. The average molecular weight is 353 g/mol. The number of aromatic nitrogens is 2. The second-order valence-corrected chi connectivity index (χ2v) is 5.97. The van der Waals surface area contributed by atoms with Crippen LogP contribution in [0.2, 0.25) is 0 Å². The summed E-state index contributed by atoms with van der Waals surface area (Å²) in [6, 6.07) is 5.75. The van der Waals surface area contributed by atoms with Gasteiger partial charge in [0.25, 0.3) is 5.56 Å². The van der Waals surface area contributed by atoms with Crippen molar-refractivity contribution in [2.45, 2.75) is 17.0 Å². The molecule has 0 saturated heterocycles. The maximum Gasteiger partial charge on any atom is 0.251 e. The van der Waals surface area contributed by atoms with Crippen molar-refractivity contribution in [3.8, 4) is 0 Å². The first kappa shape index (κ1) is 19.6. The highest BCUT2D eigenvalue weighted by atomic mass is 35.5. The van der Waals surface area contributed by atoms with Gasteiger partial charge in [-0.05, 0) is 13.0 Å². The summed E-state index contributed by atoms with van der Waals surface area (Å²) < 4.78 is 24.8. The van der Waals surface area contributed by atoms with E-state index in [0.29, 0.717) is 17.1 Å². The molecule has 0 aliphatic heterocycles. The van der Waals surface area contributed by atoms with Gasteiger partial charge in [-0.2, -0.15) is 0 Å². The molecule has 116 valence electrons. The molecule has 0 radical (unpaired) electrons. The Bertz CT molecular complexity index is 805. The van der Waals surface area contributed by atoms with Crippen molar-refractivity contribution >= 4 is 21.2 Å². The third-order valence-corrected chi connectivity index (χ3v) is 4.20. The fraction of sp³-hybridized carbons (Fsp3) is 0.0909. The molecule has 0 unspecified atom stereocenters. The second kappa shape index (κ2) is 7.01. The van der Waals surface area contributed by atoms with Crippen LogP contribution in [0.4, 0.5) is 11.4 Å². The van der Waals surface area contributed by atoms with E-state index in [-0.39, 0.29) is 34.9 Å². The van der Waals surface area contributed by atoms with Crippen LogP contribution in [0.15, 0.2) is 39.1 Å². The highest BCUT2D eigenvalue weighted by Crippen LogP contribution is 2.23. The average Bonchev–Trinajstić information content (AvgIpc) is 2.26. The summed E-state index contributed by atoms with van der Waals surface area (Å²) in [5.41, 5.74) is 8.18. The van der Waals surface area contributed by atoms with E-state index in [2.05, 4.69) is 21.4 Å². The van der Waals surface area contributed by atoms with Crippen molar-refractivity contribution in [2.24, 2.45) is 0 Å². The highest BCUT2D eigenvalue weighted by molar-refractivity contribution is 7.91. The summed E-state index contributed by atoms with van der Waals surface area (Å²) in [7, 11) is -3.89. The summed E-state index contributed by atoms with van der Waals surface area (Å²) in [5.74, 6) is 0. The number of nitrogens with one attached hydrogen (secondary N) is 1. The number of hydrogen-bond donors (Lipinski definition) is 3. The Morgan fingerprint density at radius 2 is 1.76 bits per heavy atom. The van der Waals surface area contributed by atoms with Gasteiger partial charge < -0.3 is 36.3 Å². The zero-order valence-corrected chi connectivity index (χ0v) is 13.4. The Balaban J connectivity index is 0.00000200. The van der Waals surface area contributed by atoms with E-state index in [1.54, 1.807) is 19.1 Å². The first-order valence-corrected chi connectivity index (χ1v) is 6.90. The van der Waals surface area contributed by atoms with Crippen LogP contribution in [0.25, 0.3) is 0 Å². The van der Waals surface area contributed by atoms with E-state index in [1.165, 1.54) is 12.1 Å². The van der Waals surface area contributed by atoms with Crippen molar-refractivity contribution in [3.05, 3.63) is 40.3 Å². The van der Waals surface area contributed by atoms with E-state index < -0.39 is 15.4 Å². The highest BCUT2D eigenvalue weighted by Gasteiger charge is 2.25. The molecule has 1 heterocycles. The van der Waals surface area contributed by atoms with Crippen LogP contribution >= 0.6 is 0 Å². The van der Waals surface area contributed by atoms with E-state index in [4.69, 9.17) is 0 Å². The summed E-state index contributed by atoms with van der Waals surface area (Å²) in [4.78, 5) is 17.4.